The van der Waals surface area contributed by atoms with Gasteiger partial charge in [-0.2, -0.15) is 4.31 Å². The van der Waals surface area contributed by atoms with Crippen LogP contribution in [0.25, 0.3) is 10.8 Å². The van der Waals surface area contributed by atoms with Crippen LogP contribution in [-0.4, -0.2) is 46.5 Å². The lowest BCUT2D eigenvalue weighted by atomic mass is 10.1. The van der Waals surface area contributed by atoms with Crippen molar-refractivity contribution in [2.24, 2.45) is 0 Å². The van der Waals surface area contributed by atoms with Gasteiger partial charge in [-0.05, 0) is 35.7 Å². The third-order valence-electron chi connectivity index (χ3n) is 4.19. The molecule has 6 nitrogen and oxygen atoms in total. The van der Waals surface area contributed by atoms with E-state index in [0.717, 1.165) is 17.0 Å². The summed E-state index contributed by atoms with van der Waals surface area (Å²) < 4.78 is 52.2. The Labute approximate surface area is 142 Å². The smallest absolute Gasteiger partial charge is 0.213 e. The molecule has 0 bridgehead atoms. The molecule has 0 radical (unpaired) electrons. The highest BCUT2D eigenvalue weighted by Crippen LogP contribution is 2.24. The molecule has 0 aromatic heterocycles. The molecule has 2 aromatic carbocycles. The van der Waals surface area contributed by atoms with Crippen LogP contribution >= 0.6 is 0 Å². The Morgan fingerprint density at radius 3 is 2.21 bits per heavy atom. The Morgan fingerprint density at radius 1 is 0.958 bits per heavy atom. The lowest BCUT2D eigenvalue weighted by Crippen LogP contribution is -2.46. The van der Waals surface area contributed by atoms with Crippen molar-refractivity contribution in [3.05, 3.63) is 42.5 Å². The van der Waals surface area contributed by atoms with Gasteiger partial charge in [-0.25, -0.2) is 21.6 Å². The van der Waals surface area contributed by atoms with Gasteiger partial charge in [-0.3, -0.25) is 0 Å². The van der Waals surface area contributed by atoms with E-state index in [9.17, 15) is 16.8 Å². The van der Waals surface area contributed by atoms with Gasteiger partial charge >= 0.3 is 0 Å². The summed E-state index contributed by atoms with van der Waals surface area (Å²) in [6, 6.07) is 12.5. The van der Waals surface area contributed by atoms with Crippen LogP contribution in [0.1, 0.15) is 12.8 Å². The van der Waals surface area contributed by atoms with Gasteiger partial charge in [0.15, 0.2) is 0 Å². The minimum absolute atomic E-state index is 0.206. The van der Waals surface area contributed by atoms with Gasteiger partial charge < -0.3 is 0 Å². The summed E-state index contributed by atoms with van der Waals surface area (Å²) in [7, 11) is -6.84. The van der Waals surface area contributed by atoms with Crippen LogP contribution in [0.5, 0.6) is 0 Å². The van der Waals surface area contributed by atoms with Gasteiger partial charge in [0, 0.05) is 19.1 Å². The second kappa shape index (κ2) is 6.44. The van der Waals surface area contributed by atoms with Gasteiger partial charge in [-0.15, -0.1) is 0 Å². The molecule has 1 N–H and O–H groups in total. The van der Waals surface area contributed by atoms with Crippen molar-refractivity contribution in [2.45, 2.75) is 23.8 Å². The van der Waals surface area contributed by atoms with Gasteiger partial charge in [0.05, 0.1) is 11.2 Å². The van der Waals surface area contributed by atoms with Gasteiger partial charge in [0.2, 0.25) is 20.0 Å². The normalized spacial score (nSPS) is 18.0. The van der Waals surface area contributed by atoms with Crippen molar-refractivity contribution in [1.29, 1.82) is 0 Å². The van der Waals surface area contributed by atoms with E-state index in [0.29, 0.717) is 25.9 Å². The number of fused-ring (bicyclic) bond motifs is 1. The monoisotopic (exact) mass is 368 g/mol. The molecule has 2 aromatic rings. The molecule has 0 aliphatic carbocycles. The SMILES string of the molecule is CS(=O)(=O)NC1CCN(S(=O)(=O)c2ccc3ccccc3c2)CC1. The van der Waals surface area contributed by atoms with E-state index >= 15 is 0 Å². The first-order chi connectivity index (χ1) is 11.3. The summed E-state index contributed by atoms with van der Waals surface area (Å²) in [6.07, 6.45) is 2.06. The fourth-order valence-corrected chi connectivity index (χ4v) is 5.34. The molecule has 0 unspecified atom stereocenters. The topological polar surface area (TPSA) is 83.6 Å². The number of rotatable bonds is 4. The standard InChI is InChI=1S/C16H20N2O4S2/c1-23(19,20)17-15-8-10-18(11-9-15)24(21,22)16-7-6-13-4-2-3-5-14(13)12-16/h2-7,12,15,17H,8-11H2,1H3. The first-order valence-corrected chi connectivity index (χ1v) is 11.1. The van der Waals surface area contributed by atoms with E-state index in [2.05, 4.69) is 4.72 Å². The second-order valence-electron chi connectivity index (χ2n) is 6.08. The Balaban J connectivity index is 1.78. The van der Waals surface area contributed by atoms with Crippen LogP contribution in [0.2, 0.25) is 0 Å². The molecule has 0 saturated carbocycles. The highest BCUT2D eigenvalue weighted by atomic mass is 32.2. The largest absolute Gasteiger partial charge is 0.243 e. The van der Waals surface area contributed by atoms with E-state index < -0.39 is 20.0 Å². The average Bonchev–Trinajstić information content (AvgIpc) is 2.53. The van der Waals surface area contributed by atoms with Gasteiger partial charge in [0.25, 0.3) is 0 Å². The highest BCUT2D eigenvalue weighted by molar-refractivity contribution is 7.89. The summed E-state index contributed by atoms with van der Waals surface area (Å²) in [5, 5.41) is 1.87. The quantitative estimate of drug-likeness (QED) is 0.887. The molecular weight excluding hydrogens is 348 g/mol. The van der Waals surface area contributed by atoms with E-state index in [1.165, 1.54) is 4.31 Å². The van der Waals surface area contributed by atoms with Crippen molar-refractivity contribution >= 4 is 30.8 Å². The molecule has 1 heterocycles. The second-order valence-corrected chi connectivity index (χ2v) is 9.80. The number of hydrogen-bond acceptors (Lipinski definition) is 4. The fourth-order valence-electron chi connectivity index (χ4n) is 2.99. The van der Waals surface area contributed by atoms with Crippen LogP contribution in [0.4, 0.5) is 0 Å². The summed E-state index contributed by atoms with van der Waals surface area (Å²) in [5.74, 6) is 0. The molecule has 1 fully saturated rings. The summed E-state index contributed by atoms with van der Waals surface area (Å²) >= 11 is 0. The Bertz CT molecular complexity index is 947. The van der Waals surface area contributed by atoms with E-state index in [1.807, 2.05) is 24.3 Å². The van der Waals surface area contributed by atoms with E-state index in [-0.39, 0.29) is 10.9 Å². The summed E-state index contributed by atoms with van der Waals surface area (Å²) in [6.45, 7) is 0.616. The maximum absolute atomic E-state index is 12.8. The number of benzene rings is 2. The molecule has 130 valence electrons. The number of nitrogens with one attached hydrogen (secondary N) is 1. The Kier molecular flexibility index (Phi) is 4.65. The molecule has 1 aliphatic rings. The minimum Gasteiger partial charge on any atom is -0.213 e. The van der Waals surface area contributed by atoms with Crippen molar-refractivity contribution in [1.82, 2.24) is 9.03 Å². The van der Waals surface area contributed by atoms with Crippen LogP contribution < -0.4 is 4.72 Å². The van der Waals surface area contributed by atoms with E-state index in [1.54, 1.807) is 18.2 Å². The van der Waals surface area contributed by atoms with E-state index in [4.69, 9.17) is 0 Å². The molecule has 0 amide bonds. The van der Waals surface area contributed by atoms with Gasteiger partial charge in [0.1, 0.15) is 0 Å². The summed E-state index contributed by atoms with van der Waals surface area (Å²) in [4.78, 5) is 0.274. The first-order valence-electron chi connectivity index (χ1n) is 7.72. The number of sulfonamides is 2. The predicted molar refractivity (Wildman–Crippen MR) is 93.7 cm³/mol. The van der Waals surface area contributed by atoms with Crippen LogP contribution in [0.15, 0.2) is 47.4 Å². The maximum Gasteiger partial charge on any atom is 0.243 e. The molecule has 0 spiro atoms. The first kappa shape index (κ1) is 17.3. The molecule has 8 heteroatoms. The predicted octanol–water partition coefficient (Wildman–Crippen LogP) is 1.54. The molecule has 3 rings (SSSR count). The lowest BCUT2D eigenvalue weighted by Gasteiger charge is -2.31. The Hall–Kier alpha value is -1.48. The number of piperidine rings is 1. The molecule has 24 heavy (non-hydrogen) atoms. The maximum atomic E-state index is 12.8. The van der Waals surface area contributed by atoms with Crippen molar-refractivity contribution < 1.29 is 16.8 Å². The third-order valence-corrected chi connectivity index (χ3v) is 6.85. The number of nitrogens with zero attached hydrogens (tertiary/aromatic N) is 1. The van der Waals surface area contributed by atoms with Crippen molar-refractivity contribution in [3.63, 3.8) is 0 Å². The molecule has 0 atom stereocenters. The van der Waals surface area contributed by atoms with Crippen molar-refractivity contribution in [3.8, 4) is 0 Å². The van der Waals surface area contributed by atoms with Crippen LogP contribution in [0.3, 0.4) is 0 Å². The van der Waals surface area contributed by atoms with Crippen LogP contribution in [0, 0.1) is 0 Å². The zero-order valence-corrected chi connectivity index (χ0v) is 15.0. The zero-order chi connectivity index (χ0) is 17.4. The van der Waals surface area contributed by atoms with Gasteiger partial charge in [-0.1, -0.05) is 30.3 Å². The fraction of sp³-hybridized carbons (Fsp3) is 0.375. The minimum atomic E-state index is -3.56. The molecule has 1 aliphatic heterocycles. The average molecular weight is 368 g/mol. The van der Waals surface area contributed by atoms with Crippen molar-refractivity contribution in [2.75, 3.05) is 19.3 Å². The zero-order valence-electron chi connectivity index (χ0n) is 13.3. The molecular formula is C16H20N2O4S2. The van der Waals surface area contributed by atoms with Crippen LogP contribution in [-0.2, 0) is 20.0 Å². The number of hydrogen-bond donors (Lipinski definition) is 1. The Morgan fingerprint density at radius 2 is 1.58 bits per heavy atom. The lowest BCUT2D eigenvalue weighted by molar-refractivity contribution is 0.309. The summed E-state index contributed by atoms with van der Waals surface area (Å²) in [5.41, 5.74) is 0. The highest BCUT2D eigenvalue weighted by Gasteiger charge is 2.30. The third kappa shape index (κ3) is 3.77. The molecule has 1 saturated heterocycles.